The van der Waals surface area contributed by atoms with Crippen molar-refractivity contribution in [3.05, 3.63) is 46.8 Å². The molecule has 2 aromatic rings. The lowest BCUT2D eigenvalue weighted by atomic mass is 10.2. The number of hydrogen-bond acceptors (Lipinski definition) is 4. The summed E-state index contributed by atoms with van der Waals surface area (Å²) in [5.74, 6) is 0. The third kappa shape index (κ3) is 4.34. The van der Waals surface area contributed by atoms with Gasteiger partial charge in [0.1, 0.15) is 0 Å². The van der Waals surface area contributed by atoms with Crippen LogP contribution in [0.3, 0.4) is 0 Å². The van der Waals surface area contributed by atoms with Gasteiger partial charge >= 0.3 is 0 Å². The molecule has 6 nitrogen and oxygen atoms in total. The molecule has 142 valence electrons. The van der Waals surface area contributed by atoms with E-state index in [4.69, 9.17) is 0 Å². The predicted molar refractivity (Wildman–Crippen MR) is 102 cm³/mol. The van der Waals surface area contributed by atoms with Crippen molar-refractivity contribution >= 4 is 10.0 Å². The van der Waals surface area contributed by atoms with E-state index < -0.39 is 10.0 Å². The monoisotopic (exact) mass is 376 g/mol. The number of nitrogens with one attached hydrogen (secondary N) is 1. The van der Waals surface area contributed by atoms with Gasteiger partial charge in [0, 0.05) is 19.6 Å². The average molecular weight is 377 g/mol. The largest absolute Gasteiger partial charge is 0.297 e. The molecule has 1 N–H and O–H groups in total. The first-order chi connectivity index (χ1) is 12.4. The maximum absolute atomic E-state index is 12.7. The third-order valence-corrected chi connectivity index (χ3v) is 6.30. The zero-order chi connectivity index (χ0) is 18.7. The fourth-order valence-electron chi connectivity index (χ4n) is 3.43. The predicted octanol–water partition coefficient (Wildman–Crippen LogP) is 2.59. The summed E-state index contributed by atoms with van der Waals surface area (Å²) in [5.41, 5.74) is 3.61. The van der Waals surface area contributed by atoms with E-state index >= 15 is 0 Å². The molecule has 0 unspecified atom stereocenters. The number of rotatable bonds is 6. The number of aryl methyl sites for hydroxylation is 3. The van der Waals surface area contributed by atoms with Crippen LogP contribution < -0.4 is 4.72 Å². The van der Waals surface area contributed by atoms with E-state index in [0.29, 0.717) is 4.90 Å². The van der Waals surface area contributed by atoms with Crippen LogP contribution in [0, 0.1) is 13.8 Å². The van der Waals surface area contributed by atoms with Crippen molar-refractivity contribution in [1.82, 2.24) is 19.4 Å². The fraction of sp³-hybridized carbons (Fsp3) is 0.526. The van der Waals surface area contributed by atoms with E-state index in [-0.39, 0.29) is 6.54 Å². The van der Waals surface area contributed by atoms with E-state index in [0.717, 1.165) is 61.5 Å². The minimum absolute atomic E-state index is 0.212. The SMILES string of the molecule is CCCN1CCCn2nc(CNS(=O)(=O)c3cc(C)ccc3C)cc2C1. The quantitative estimate of drug-likeness (QED) is 0.841. The van der Waals surface area contributed by atoms with Gasteiger partial charge in [-0.3, -0.25) is 9.58 Å². The van der Waals surface area contributed by atoms with Crippen LogP contribution in [-0.2, 0) is 29.7 Å². The van der Waals surface area contributed by atoms with Crippen molar-refractivity contribution < 1.29 is 8.42 Å². The van der Waals surface area contributed by atoms with Crippen LogP contribution in [0.2, 0.25) is 0 Å². The van der Waals surface area contributed by atoms with Crippen LogP contribution in [0.15, 0.2) is 29.2 Å². The second-order valence-corrected chi connectivity index (χ2v) is 8.81. The van der Waals surface area contributed by atoms with Gasteiger partial charge < -0.3 is 0 Å². The highest BCUT2D eigenvalue weighted by Crippen LogP contribution is 2.18. The molecule has 0 aliphatic carbocycles. The molecular formula is C19H28N4O2S. The van der Waals surface area contributed by atoms with Crippen molar-refractivity contribution in [1.29, 1.82) is 0 Å². The summed E-state index contributed by atoms with van der Waals surface area (Å²) in [6.45, 7) is 10.1. The molecule has 0 spiro atoms. The molecule has 1 aliphatic rings. The normalized spacial score (nSPS) is 15.7. The van der Waals surface area contributed by atoms with Gasteiger partial charge in [-0.25, -0.2) is 13.1 Å². The maximum Gasteiger partial charge on any atom is 0.241 e. The van der Waals surface area contributed by atoms with Gasteiger partial charge in [0.05, 0.1) is 22.8 Å². The average Bonchev–Trinajstić information content (AvgIpc) is 2.88. The maximum atomic E-state index is 12.7. The summed E-state index contributed by atoms with van der Waals surface area (Å²) in [5, 5.41) is 4.61. The Morgan fingerprint density at radius 3 is 2.77 bits per heavy atom. The van der Waals surface area contributed by atoms with E-state index in [9.17, 15) is 8.42 Å². The first-order valence-corrected chi connectivity index (χ1v) is 10.7. The zero-order valence-electron chi connectivity index (χ0n) is 15.8. The minimum Gasteiger partial charge on any atom is -0.297 e. The Balaban J connectivity index is 1.72. The minimum atomic E-state index is -3.55. The van der Waals surface area contributed by atoms with Gasteiger partial charge in [-0.15, -0.1) is 0 Å². The summed E-state index contributed by atoms with van der Waals surface area (Å²) in [6, 6.07) is 7.50. The smallest absolute Gasteiger partial charge is 0.241 e. The fourth-order valence-corrected chi connectivity index (χ4v) is 4.75. The molecule has 0 saturated carbocycles. The first-order valence-electron chi connectivity index (χ1n) is 9.24. The van der Waals surface area contributed by atoms with Crippen molar-refractivity contribution in [2.24, 2.45) is 0 Å². The lowest BCUT2D eigenvalue weighted by Crippen LogP contribution is -2.24. The second kappa shape index (κ2) is 7.90. The topological polar surface area (TPSA) is 67.2 Å². The van der Waals surface area contributed by atoms with Gasteiger partial charge in [0.15, 0.2) is 0 Å². The van der Waals surface area contributed by atoms with E-state index in [1.165, 1.54) is 0 Å². The number of aromatic nitrogens is 2. The molecule has 0 radical (unpaired) electrons. The Morgan fingerprint density at radius 1 is 1.19 bits per heavy atom. The van der Waals surface area contributed by atoms with Gasteiger partial charge in [-0.2, -0.15) is 5.10 Å². The molecule has 0 fully saturated rings. The molecule has 0 amide bonds. The number of hydrogen-bond donors (Lipinski definition) is 1. The lowest BCUT2D eigenvalue weighted by Gasteiger charge is -2.17. The number of fused-ring (bicyclic) bond motifs is 1. The van der Waals surface area contributed by atoms with Crippen LogP contribution in [-0.4, -0.2) is 36.2 Å². The first kappa shape index (κ1) is 19.1. The third-order valence-electron chi connectivity index (χ3n) is 4.76. The Morgan fingerprint density at radius 2 is 2.00 bits per heavy atom. The van der Waals surface area contributed by atoms with E-state index in [1.807, 2.05) is 36.7 Å². The lowest BCUT2D eigenvalue weighted by molar-refractivity contribution is 0.270. The second-order valence-electron chi connectivity index (χ2n) is 7.07. The van der Waals surface area contributed by atoms with Crippen molar-refractivity contribution in [3.8, 4) is 0 Å². The van der Waals surface area contributed by atoms with Gasteiger partial charge in [0.2, 0.25) is 10.0 Å². The summed E-state index contributed by atoms with van der Waals surface area (Å²) in [7, 11) is -3.55. The van der Waals surface area contributed by atoms with Gasteiger partial charge in [-0.05, 0) is 56.5 Å². The van der Waals surface area contributed by atoms with Crippen molar-refractivity contribution in [2.45, 2.75) is 58.1 Å². The molecule has 1 aromatic carbocycles. The molecule has 2 heterocycles. The Bertz CT molecular complexity index is 874. The molecule has 1 aliphatic heterocycles. The number of nitrogens with zero attached hydrogens (tertiary/aromatic N) is 3. The van der Waals surface area contributed by atoms with Crippen molar-refractivity contribution in [3.63, 3.8) is 0 Å². The molecule has 0 atom stereocenters. The van der Waals surface area contributed by atoms with E-state index in [2.05, 4.69) is 21.6 Å². The summed E-state index contributed by atoms with van der Waals surface area (Å²) < 4.78 is 30.0. The summed E-state index contributed by atoms with van der Waals surface area (Å²) >= 11 is 0. The van der Waals surface area contributed by atoms with Crippen LogP contribution in [0.1, 0.15) is 42.3 Å². The number of benzene rings is 1. The summed E-state index contributed by atoms with van der Waals surface area (Å²) in [4.78, 5) is 2.78. The van der Waals surface area contributed by atoms with Crippen LogP contribution in [0.25, 0.3) is 0 Å². The van der Waals surface area contributed by atoms with Crippen LogP contribution in [0.5, 0.6) is 0 Å². The Labute approximate surface area is 156 Å². The molecule has 1 aromatic heterocycles. The molecule has 7 heteroatoms. The van der Waals surface area contributed by atoms with E-state index in [1.54, 1.807) is 6.07 Å². The van der Waals surface area contributed by atoms with Gasteiger partial charge in [0.25, 0.3) is 0 Å². The molecule has 3 rings (SSSR count). The molecule has 0 saturated heterocycles. The molecular weight excluding hydrogens is 348 g/mol. The van der Waals surface area contributed by atoms with Crippen LogP contribution in [0.4, 0.5) is 0 Å². The highest BCUT2D eigenvalue weighted by atomic mass is 32.2. The molecule has 26 heavy (non-hydrogen) atoms. The van der Waals surface area contributed by atoms with Crippen LogP contribution >= 0.6 is 0 Å². The summed E-state index contributed by atoms with van der Waals surface area (Å²) in [6.07, 6.45) is 2.21. The van der Waals surface area contributed by atoms with Gasteiger partial charge in [-0.1, -0.05) is 19.1 Å². The number of sulfonamides is 1. The standard InChI is InChI=1S/C19H28N4O2S/c1-4-8-22-9-5-10-23-18(14-22)12-17(21-23)13-20-26(24,25)19-11-15(2)6-7-16(19)3/h6-7,11-12,20H,4-5,8-10,13-14H2,1-3H3. The Kier molecular flexibility index (Phi) is 5.79. The zero-order valence-corrected chi connectivity index (χ0v) is 16.6. The highest BCUT2D eigenvalue weighted by Gasteiger charge is 2.19. The highest BCUT2D eigenvalue weighted by molar-refractivity contribution is 7.89. The molecule has 0 bridgehead atoms. The Hall–Kier alpha value is -1.70. The van der Waals surface area contributed by atoms with Crippen molar-refractivity contribution in [2.75, 3.05) is 13.1 Å².